The van der Waals surface area contributed by atoms with Crippen LogP contribution in [0.5, 0.6) is 5.75 Å². The molecule has 3 N–H and O–H groups in total. The van der Waals surface area contributed by atoms with Crippen molar-refractivity contribution in [2.75, 3.05) is 6.54 Å². The molecule has 45 heavy (non-hydrogen) atoms. The van der Waals surface area contributed by atoms with Gasteiger partial charge in [-0.3, -0.25) is 9.59 Å². The number of nitrogens with zero attached hydrogens (tertiary/aromatic N) is 1. The number of carbonyl (C=O) groups is 3. The van der Waals surface area contributed by atoms with Gasteiger partial charge < -0.3 is 25.4 Å². The number of unbranched alkanes of at least 4 members (excludes halogenated alkanes) is 4. The van der Waals surface area contributed by atoms with Crippen LogP contribution in [0, 0.1) is 13.8 Å². The zero-order valence-corrected chi connectivity index (χ0v) is 28.3. The van der Waals surface area contributed by atoms with Crippen LogP contribution in [-0.4, -0.2) is 52.1 Å². The highest BCUT2D eigenvalue weighted by Gasteiger charge is 2.37. The van der Waals surface area contributed by atoms with E-state index >= 15 is 0 Å². The van der Waals surface area contributed by atoms with Gasteiger partial charge in [-0.15, -0.1) is 0 Å². The van der Waals surface area contributed by atoms with E-state index in [0.29, 0.717) is 6.54 Å². The van der Waals surface area contributed by atoms with Crippen LogP contribution in [0.3, 0.4) is 0 Å². The fraction of sp³-hybridized carbons (Fsp3) is 0.595. The monoisotopic (exact) mass is 621 g/mol. The zero-order chi connectivity index (χ0) is 33.0. The number of aryl methyl sites for hydroxylation is 2. The summed E-state index contributed by atoms with van der Waals surface area (Å²) in [6.45, 7) is 11.9. The molecule has 3 amide bonds. The van der Waals surface area contributed by atoms with E-state index in [2.05, 4.69) is 17.6 Å². The lowest BCUT2D eigenvalue weighted by molar-refractivity contribution is -0.143. The van der Waals surface area contributed by atoms with Gasteiger partial charge in [-0.2, -0.15) is 0 Å². The molecule has 248 valence electrons. The van der Waals surface area contributed by atoms with E-state index in [0.717, 1.165) is 80.0 Å². The molecule has 1 aliphatic carbocycles. The van der Waals surface area contributed by atoms with Gasteiger partial charge in [-0.1, -0.05) is 82.2 Å². The fourth-order valence-electron chi connectivity index (χ4n) is 5.90. The Balaban J connectivity index is 2.04. The summed E-state index contributed by atoms with van der Waals surface area (Å²) >= 11 is 0. The van der Waals surface area contributed by atoms with Crippen LogP contribution in [-0.2, 0) is 20.7 Å². The Morgan fingerprint density at radius 3 is 2.22 bits per heavy atom. The van der Waals surface area contributed by atoms with Crippen molar-refractivity contribution in [1.82, 2.24) is 15.5 Å². The predicted octanol–water partition coefficient (Wildman–Crippen LogP) is 7.43. The van der Waals surface area contributed by atoms with Crippen LogP contribution < -0.4 is 10.6 Å². The molecule has 0 bridgehead atoms. The van der Waals surface area contributed by atoms with Gasteiger partial charge in [0.1, 0.15) is 23.4 Å². The van der Waals surface area contributed by atoms with Gasteiger partial charge in [0.05, 0.1) is 0 Å². The summed E-state index contributed by atoms with van der Waals surface area (Å²) in [7, 11) is 0. The van der Waals surface area contributed by atoms with Crippen molar-refractivity contribution in [3.05, 3.63) is 64.7 Å². The molecular weight excluding hydrogens is 566 g/mol. The van der Waals surface area contributed by atoms with Crippen molar-refractivity contribution in [1.29, 1.82) is 0 Å². The lowest BCUT2D eigenvalue weighted by atomic mass is 9.93. The maximum Gasteiger partial charge on any atom is 0.408 e. The summed E-state index contributed by atoms with van der Waals surface area (Å²) in [6.07, 6.45) is 9.60. The highest BCUT2D eigenvalue weighted by molar-refractivity contribution is 5.92. The predicted molar refractivity (Wildman–Crippen MR) is 179 cm³/mol. The summed E-state index contributed by atoms with van der Waals surface area (Å²) in [5, 5.41) is 16.0. The second kappa shape index (κ2) is 17.2. The van der Waals surface area contributed by atoms with E-state index in [-0.39, 0.29) is 30.0 Å². The number of phenolic OH excluding ortho intramolecular Hbond substituents is 1. The van der Waals surface area contributed by atoms with Crippen molar-refractivity contribution >= 4 is 17.9 Å². The first-order valence-corrected chi connectivity index (χ1v) is 16.8. The third-order valence-corrected chi connectivity index (χ3v) is 8.51. The number of amides is 3. The molecule has 1 saturated carbocycles. The van der Waals surface area contributed by atoms with E-state index in [1.165, 1.54) is 6.42 Å². The average Bonchev–Trinajstić information content (AvgIpc) is 2.98. The van der Waals surface area contributed by atoms with Crippen molar-refractivity contribution in [3.63, 3.8) is 0 Å². The topological polar surface area (TPSA) is 108 Å². The highest BCUT2D eigenvalue weighted by Crippen LogP contribution is 2.28. The number of phenols is 1. The molecule has 0 aliphatic heterocycles. The second-order valence-corrected chi connectivity index (χ2v) is 13.6. The molecule has 2 aromatic carbocycles. The van der Waals surface area contributed by atoms with E-state index in [1.54, 1.807) is 49.9 Å². The number of hydrogen-bond acceptors (Lipinski definition) is 5. The van der Waals surface area contributed by atoms with Crippen molar-refractivity contribution in [2.45, 2.75) is 136 Å². The summed E-state index contributed by atoms with van der Waals surface area (Å²) in [4.78, 5) is 43.7. The molecule has 2 aromatic rings. The number of hydrogen-bond donors (Lipinski definition) is 3. The smallest absolute Gasteiger partial charge is 0.408 e. The number of aromatic hydroxyl groups is 1. The third-order valence-electron chi connectivity index (χ3n) is 8.51. The van der Waals surface area contributed by atoms with Crippen molar-refractivity contribution in [2.24, 2.45) is 0 Å². The summed E-state index contributed by atoms with van der Waals surface area (Å²) < 4.78 is 5.56. The standard InChI is InChI=1S/C37H55N3O5/c1-7-8-9-10-14-23-40(33(29-20-17-26(2)27(3)24-29)34(42)38-30-15-12-11-13-16-30)35(43)32(39-36(44)45-37(4,5)6)25-28-18-21-31(41)22-19-28/h17-22,24,30,32-33,41H,7-16,23,25H2,1-6H3,(H,38,42)(H,39,44). The van der Waals surface area contributed by atoms with Gasteiger partial charge in [0, 0.05) is 19.0 Å². The van der Waals surface area contributed by atoms with Crippen LogP contribution in [0.15, 0.2) is 42.5 Å². The summed E-state index contributed by atoms with van der Waals surface area (Å²) in [5.74, 6) is -0.413. The molecule has 8 heteroatoms. The SMILES string of the molecule is CCCCCCCN(C(=O)C(Cc1ccc(O)cc1)NC(=O)OC(C)(C)C)C(C(=O)NC1CCCCC1)c1ccc(C)c(C)c1. The summed E-state index contributed by atoms with van der Waals surface area (Å²) in [5.41, 5.74) is 2.93. The average molecular weight is 622 g/mol. The van der Waals surface area contributed by atoms with E-state index in [9.17, 15) is 19.5 Å². The molecule has 2 atom stereocenters. The Kier molecular flexibility index (Phi) is 13.8. The number of rotatable bonds is 14. The molecule has 1 fully saturated rings. The second-order valence-electron chi connectivity index (χ2n) is 13.6. The van der Waals surface area contributed by atoms with Crippen LogP contribution in [0.2, 0.25) is 0 Å². The Hall–Kier alpha value is -3.55. The Labute approximate surface area is 270 Å². The minimum absolute atomic E-state index is 0.0782. The molecule has 0 saturated heterocycles. The fourth-order valence-corrected chi connectivity index (χ4v) is 5.90. The van der Waals surface area contributed by atoms with E-state index in [4.69, 9.17) is 4.74 Å². The van der Waals surface area contributed by atoms with Crippen LogP contribution in [0.25, 0.3) is 0 Å². The Morgan fingerprint density at radius 1 is 0.933 bits per heavy atom. The van der Waals surface area contributed by atoms with E-state index < -0.39 is 23.8 Å². The van der Waals surface area contributed by atoms with Gasteiger partial charge >= 0.3 is 6.09 Å². The van der Waals surface area contributed by atoms with Crippen LogP contribution in [0.1, 0.15) is 120 Å². The molecule has 0 radical (unpaired) electrons. The van der Waals surface area contributed by atoms with Gasteiger partial charge in [0.15, 0.2) is 0 Å². The number of carbonyl (C=O) groups excluding carboxylic acids is 3. The first kappa shape index (κ1) is 35.9. The molecule has 0 aromatic heterocycles. The van der Waals surface area contributed by atoms with Crippen LogP contribution >= 0.6 is 0 Å². The van der Waals surface area contributed by atoms with Gasteiger partial charge in [0.2, 0.25) is 11.8 Å². The maximum absolute atomic E-state index is 14.7. The molecular formula is C37H55N3O5. The molecule has 8 nitrogen and oxygen atoms in total. The molecule has 1 aliphatic rings. The lowest BCUT2D eigenvalue weighted by Crippen LogP contribution is -2.54. The largest absolute Gasteiger partial charge is 0.508 e. The maximum atomic E-state index is 14.7. The molecule has 0 heterocycles. The summed E-state index contributed by atoms with van der Waals surface area (Å²) in [6, 6.07) is 10.8. The van der Waals surface area contributed by atoms with Crippen LogP contribution in [0.4, 0.5) is 4.79 Å². The lowest BCUT2D eigenvalue weighted by Gasteiger charge is -2.36. The van der Waals surface area contributed by atoms with Gasteiger partial charge in [0.25, 0.3) is 0 Å². The highest BCUT2D eigenvalue weighted by atomic mass is 16.6. The molecule has 0 spiro atoms. The zero-order valence-electron chi connectivity index (χ0n) is 28.3. The van der Waals surface area contributed by atoms with E-state index in [1.807, 2.05) is 32.0 Å². The third kappa shape index (κ3) is 11.7. The quantitative estimate of drug-likeness (QED) is 0.190. The van der Waals surface area contributed by atoms with Crippen molar-refractivity contribution < 1.29 is 24.2 Å². The molecule has 2 unspecified atom stereocenters. The number of ether oxygens (including phenoxy) is 1. The normalized spacial score (nSPS) is 15.2. The minimum atomic E-state index is -0.989. The Morgan fingerprint density at radius 2 is 1.60 bits per heavy atom. The minimum Gasteiger partial charge on any atom is -0.508 e. The number of alkyl carbamates (subject to hydrolysis) is 1. The van der Waals surface area contributed by atoms with Gasteiger partial charge in [-0.05, 0) is 88.3 Å². The first-order valence-electron chi connectivity index (χ1n) is 16.8. The first-order chi connectivity index (χ1) is 21.4. The number of nitrogens with one attached hydrogen (secondary N) is 2. The van der Waals surface area contributed by atoms with Gasteiger partial charge in [-0.25, -0.2) is 4.79 Å². The molecule has 3 rings (SSSR count). The number of benzene rings is 2. The van der Waals surface area contributed by atoms with Crippen molar-refractivity contribution in [3.8, 4) is 5.75 Å². The Bertz CT molecular complexity index is 1250.